The Labute approximate surface area is 81.2 Å². The van der Waals surface area contributed by atoms with E-state index in [1.54, 1.807) is 0 Å². The van der Waals surface area contributed by atoms with Gasteiger partial charge in [-0.3, -0.25) is 0 Å². The van der Waals surface area contributed by atoms with Crippen LogP contribution in [0, 0.1) is 0 Å². The van der Waals surface area contributed by atoms with Gasteiger partial charge in [-0.2, -0.15) is 0 Å². The maximum atomic E-state index is 9.15. The predicted molar refractivity (Wildman–Crippen MR) is 56.8 cm³/mol. The lowest BCUT2D eigenvalue weighted by atomic mass is 9.98. The van der Waals surface area contributed by atoms with Gasteiger partial charge >= 0.3 is 0 Å². The summed E-state index contributed by atoms with van der Waals surface area (Å²) in [5.74, 6) is 0.539. The van der Waals surface area contributed by atoms with Crippen LogP contribution >= 0.6 is 0 Å². The third-order valence-electron chi connectivity index (χ3n) is 2.57. The topological polar surface area (TPSA) is 20.2 Å². The Kier molecular flexibility index (Phi) is 4.66. The van der Waals surface area contributed by atoms with Crippen molar-refractivity contribution >= 4 is 0 Å². The Morgan fingerprint density at radius 2 is 2.00 bits per heavy atom. The lowest BCUT2D eigenvalue weighted by Gasteiger charge is -2.10. The number of aliphatic hydroxyl groups is 1. The van der Waals surface area contributed by atoms with Crippen molar-refractivity contribution in [2.45, 2.75) is 51.9 Å². The average molecular weight is 180 g/mol. The fourth-order valence-electron chi connectivity index (χ4n) is 1.66. The summed E-state index contributed by atoms with van der Waals surface area (Å²) in [4.78, 5) is 0. The van der Waals surface area contributed by atoms with Crippen LogP contribution < -0.4 is 0 Å². The molecule has 0 atom stereocenters. The minimum atomic E-state index is 0.539. The van der Waals surface area contributed by atoms with Crippen LogP contribution in [-0.4, -0.2) is 5.11 Å². The van der Waals surface area contributed by atoms with E-state index in [4.69, 9.17) is 5.11 Å². The largest absolute Gasteiger partial charge is 0.512 e. The molecule has 1 heteroatoms. The molecule has 0 radical (unpaired) electrons. The molecular weight excluding hydrogens is 160 g/mol. The van der Waals surface area contributed by atoms with Gasteiger partial charge < -0.3 is 5.11 Å². The summed E-state index contributed by atoms with van der Waals surface area (Å²) in [5, 5.41) is 9.15. The Hall–Kier alpha value is -0.720. The predicted octanol–water partition coefficient (Wildman–Crippen LogP) is 4.12. The molecule has 0 spiro atoms. The molecule has 1 aliphatic carbocycles. The molecule has 1 N–H and O–H groups in total. The standard InChI is InChI=1S/C12H20O/c1-2-3-4-5-6-11-7-9-12(13)10-8-11/h7,9,13H,2-6,8,10H2,1H3. The van der Waals surface area contributed by atoms with Gasteiger partial charge in [0.1, 0.15) is 0 Å². The molecule has 13 heavy (non-hydrogen) atoms. The van der Waals surface area contributed by atoms with E-state index < -0.39 is 0 Å². The van der Waals surface area contributed by atoms with Gasteiger partial charge in [-0.1, -0.05) is 37.8 Å². The minimum absolute atomic E-state index is 0.539. The molecule has 0 amide bonds. The van der Waals surface area contributed by atoms with Crippen LogP contribution in [0.25, 0.3) is 0 Å². The number of rotatable bonds is 5. The van der Waals surface area contributed by atoms with Crippen molar-refractivity contribution in [3.8, 4) is 0 Å². The molecular formula is C12H20O. The fraction of sp³-hybridized carbons (Fsp3) is 0.667. The van der Waals surface area contributed by atoms with Crippen molar-refractivity contribution in [2.24, 2.45) is 0 Å². The van der Waals surface area contributed by atoms with Crippen molar-refractivity contribution < 1.29 is 5.11 Å². The maximum Gasteiger partial charge on any atom is 0.0925 e. The third-order valence-corrected chi connectivity index (χ3v) is 2.57. The van der Waals surface area contributed by atoms with E-state index in [1.165, 1.54) is 37.7 Å². The lowest BCUT2D eigenvalue weighted by molar-refractivity contribution is 0.384. The number of aliphatic hydroxyl groups excluding tert-OH is 1. The third kappa shape index (κ3) is 4.16. The number of unbranched alkanes of at least 4 members (excludes halogenated alkanes) is 3. The second kappa shape index (κ2) is 5.85. The van der Waals surface area contributed by atoms with E-state index in [0.717, 1.165) is 12.8 Å². The maximum absolute atomic E-state index is 9.15. The molecule has 0 saturated carbocycles. The monoisotopic (exact) mass is 180 g/mol. The minimum Gasteiger partial charge on any atom is -0.512 e. The molecule has 1 rings (SSSR count). The van der Waals surface area contributed by atoms with Crippen molar-refractivity contribution in [3.05, 3.63) is 23.5 Å². The van der Waals surface area contributed by atoms with E-state index in [0.29, 0.717) is 5.76 Å². The molecule has 0 saturated heterocycles. The van der Waals surface area contributed by atoms with E-state index in [2.05, 4.69) is 13.0 Å². The van der Waals surface area contributed by atoms with Gasteiger partial charge in [0, 0.05) is 6.42 Å². The highest BCUT2D eigenvalue weighted by Gasteiger charge is 2.03. The average Bonchev–Trinajstić information content (AvgIpc) is 2.15. The first-order valence-electron chi connectivity index (χ1n) is 5.40. The molecule has 0 bridgehead atoms. The first-order chi connectivity index (χ1) is 6.33. The highest BCUT2D eigenvalue weighted by molar-refractivity contribution is 5.20. The fourth-order valence-corrected chi connectivity index (χ4v) is 1.66. The Bertz CT molecular complexity index is 201. The Morgan fingerprint density at radius 1 is 1.15 bits per heavy atom. The molecule has 0 aliphatic heterocycles. The SMILES string of the molecule is CCCCCCC1=CC=C(O)CC1. The summed E-state index contributed by atoms with van der Waals surface area (Å²) < 4.78 is 0. The van der Waals surface area contributed by atoms with Crippen LogP contribution in [0.5, 0.6) is 0 Å². The molecule has 0 fully saturated rings. The highest BCUT2D eigenvalue weighted by Crippen LogP contribution is 2.21. The first kappa shape index (κ1) is 10.4. The van der Waals surface area contributed by atoms with Crippen molar-refractivity contribution in [3.63, 3.8) is 0 Å². The van der Waals surface area contributed by atoms with Crippen LogP contribution in [0.15, 0.2) is 23.5 Å². The molecule has 1 nitrogen and oxygen atoms in total. The number of hydrogen-bond acceptors (Lipinski definition) is 1. The smallest absolute Gasteiger partial charge is 0.0925 e. The van der Waals surface area contributed by atoms with Gasteiger partial charge in [0.05, 0.1) is 5.76 Å². The van der Waals surface area contributed by atoms with Gasteiger partial charge in [0.2, 0.25) is 0 Å². The van der Waals surface area contributed by atoms with Gasteiger partial charge in [-0.25, -0.2) is 0 Å². The second-order valence-electron chi connectivity index (χ2n) is 3.79. The number of allylic oxidation sites excluding steroid dienone is 4. The summed E-state index contributed by atoms with van der Waals surface area (Å²) in [6, 6.07) is 0. The summed E-state index contributed by atoms with van der Waals surface area (Å²) in [6.07, 6.45) is 12.4. The molecule has 0 heterocycles. The second-order valence-corrected chi connectivity index (χ2v) is 3.79. The van der Waals surface area contributed by atoms with Gasteiger partial charge in [-0.15, -0.1) is 0 Å². The Balaban J connectivity index is 2.15. The van der Waals surface area contributed by atoms with Gasteiger partial charge in [0.25, 0.3) is 0 Å². The van der Waals surface area contributed by atoms with Crippen LogP contribution in [0.3, 0.4) is 0 Å². The van der Waals surface area contributed by atoms with Crippen LogP contribution in [-0.2, 0) is 0 Å². The summed E-state index contributed by atoms with van der Waals surface area (Å²) >= 11 is 0. The van der Waals surface area contributed by atoms with Crippen LogP contribution in [0.2, 0.25) is 0 Å². The summed E-state index contributed by atoms with van der Waals surface area (Å²) in [5.41, 5.74) is 1.51. The van der Waals surface area contributed by atoms with E-state index >= 15 is 0 Å². The van der Waals surface area contributed by atoms with Crippen molar-refractivity contribution in [1.82, 2.24) is 0 Å². The zero-order valence-electron chi connectivity index (χ0n) is 8.55. The zero-order chi connectivity index (χ0) is 9.52. The van der Waals surface area contributed by atoms with E-state index in [-0.39, 0.29) is 0 Å². The Morgan fingerprint density at radius 3 is 2.62 bits per heavy atom. The van der Waals surface area contributed by atoms with E-state index in [9.17, 15) is 0 Å². The first-order valence-corrected chi connectivity index (χ1v) is 5.40. The zero-order valence-corrected chi connectivity index (χ0v) is 8.55. The van der Waals surface area contributed by atoms with Crippen LogP contribution in [0.4, 0.5) is 0 Å². The quantitative estimate of drug-likeness (QED) is 0.631. The summed E-state index contributed by atoms with van der Waals surface area (Å²) in [7, 11) is 0. The van der Waals surface area contributed by atoms with Gasteiger partial charge in [0.15, 0.2) is 0 Å². The molecule has 0 aromatic heterocycles. The molecule has 0 aromatic carbocycles. The lowest BCUT2D eigenvalue weighted by Crippen LogP contribution is -1.93. The van der Waals surface area contributed by atoms with Crippen molar-refractivity contribution in [2.75, 3.05) is 0 Å². The molecule has 1 aliphatic rings. The van der Waals surface area contributed by atoms with Crippen LogP contribution in [0.1, 0.15) is 51.9 Å². The normalized spacial score (nSPS) is 16.7. The molecule has 0 unspecified atom stereocenters. The highest BCUT2D eigenvalue weighted by atomic mass is 16.3. The van der Waals surface area contributed by atoms with Gasteiger partial charge in [-0.05, 0) is 25.3 Å². The van der Waals surface area contributed by atoms with E-state index in [1.807, 2.05) is 6.08 Å². The number of hydrogen-bond donors (Lipinski definition) is 1. The molecule has 0 aromatic rings. The summed E-state index contributed by atoms with van der Waals surface area (Å²) in [6.45, 7) is 2.24. The molecule has 74 valence electrons. The van der Waals surface area contributed by atoms with Crippen molar-refractivity contribution in [1.29, 1.82) is 0 Å².